The lowest BCUT2D eigenvalue weighted by molar-refractivity contribution is -0.121. The number of sulfonamides is 1. The Kier molecular flexibility index (Phi) is 6.94. The van der Waals surface area contributed by atoms with Crippen molar-refractivity contribution >= 4 is 21.6 Å². The maximum Gasteiger partial charge on any atom is 0.234 e. The molecule has 0 fully saturated rings. The second kappa shape index (κ2) is 9.17. The smallest absolute Gasteiger partial charge is 0.234 e. The van der Waals surface area contributed by atoms with Crippen molar-refractivity contribution in [3.63, 3.8) is 0 Å². The van der Waals surface area contributed by atoms with Crippen molar-refractivity contribution in [3.8, 4) is 0 Å². The van der Waals surface area contributed by atoms with Crippen molar-refractivity contribution in [2.75, 3.05) is 17.0 Å². The molecule has 0 saturated heterocycles. The first-order valence-corrected chi connectivity index (χ1v) is 9.66. The molecule has 0 saturated carbocycles. The van der Waals surface area contributed by atoms with Gasteiger partial charge in [0.2, 0.25) is 15.9 Å². The molecule has 0 aliphatic carbocycles. The van der Waals surface area contributed by atoms with E-state index in [0.29, 0.717) is 24.9 Å². The van der Waals surface area contributed by atoms with Gasteiger partial charge < -0.3 is 5.32 Å². The fraction of sp³-hybridized carbons (Fsp3) is 0.278. The number of hydrogen-bond acceptors (Lipinski definition) is 3. The summed E-state index contributed by atoms with van der Waals surface area (Å²) < 4.78 is 39.1. The van der Waals surface area contributed by atoms with Crippen molar-refractivity contribution in [3.05, 3.63) is 66.0 Å². The molecule has 2 rings (SSSR count). The quantitative estimate of drug-likeness (QED) is 0.718. The van der Waals surface area contributed by atoms with E-state index in [4.69, 9.17) is 0 Å². The molecular weight excluding hydrogens is 343 g/mol. The third kappa shape index (κ3) is 7.34. The van der Waals surface area contributed by atoms with E-state index in [1.54, 1.807) is 42.5 Å². The van der Waals surface area contributed by atoms with E-state index in [1.165, 1.54) is 12.1 Å². The Balaban J connectivity index is 1.65. The van der Waals surface area contributed by atoms with Gasteiger partial charge >= 0.3 is 0 Å². The van der Waals surface area contributed by atoms with Crippen LogP contribution in [0.25, 0.3) is 0 Å². The van der Waals surface area contributed by atoms with Gasteiger partial charge in [-0.05, 0) is 42.7 Å². The largest absolute Gasteiger partial charge is 0.355 e. The van der Waals surface area contributed by atoms with Crippen molar-refractivity contribution in [1.82, 2.24) is 5.32 Å². The summed E-state index contributed by atoms with van der Waals surface area (Å²) in [5, 5.41) is 2.60. The lowest BCUT2D eigenvalue weighted by atomic mass is 10.1. The van der Waals surface area contributed by atoms with Crippen LogP contribution >= 0.6 is 0 Å². The molecule has 0 aliphatic rings. The number of anilines is 1. The van der Waals surface area contributed by atoms with Crippen LogP contribution < -0.4 is 10.0 Å². The van der Waals surface area contributed by atoms with Crippen molar-refractivity contribution in [2.45, 2.75) is 19.3 Å². The number of carbonyl (C=O) groups is 1. The van der Waals surface area contributed by atoms with Gasteiger partial charge in [-0.25, -0.2) is 12.8 Å². The third-order valence-electron chi connectivity index (χ3n) is 3.52. The summed E-state index contributed by atoms with van der Waals surface area (Å²) in [4.78, 5) is 11.7. The molecule has 0 bridgehead atoms. The molecule has 5 nitrogen and oxygen atoms in total. The maximum absolute atomic E-state index is 12.8. The molecule has 0 heterocycles. The normalized spacial score (nSPS) is 11.1. The van der Waals surface area contributed by atoms with E-state index in [1.807, 2.05) is 0 Å². The highest BCUT2D eigenvalue weighted by molar-refractivity contribution is 7.92. The van der Waals surface area contributed by atoms with Crippen LogP contribution in [-0.4, -0.2) is 26.6 Å². The lowest BCUT2D eigenvalue weighted by Crippen LogP contribution is -2.31. The molecular formula is C18H21FN2O3S. The van der Waals surface area contributed by atoms with Crippen LogP contribution in [0.5, 0.6) is 0 Å². The molecule has 134 valence electrons. The number of para-hydroxylation sites is 1. The zero-order chi connectivity index (χ0) is 18.1. The second-order valence-electron chi connectivity index (χ2n) is 5.62. The topological polar surface area (TPSA) is 75.3 Å². The molecule has 2 aromatic rings. The minimum absolute atomic E-state index is 0.0531. The van der Waals surface area contributed by atoms with Gasteiger partial charge in [0.05, 0.1) is 5.75 Å². The summed E-state index contributed by atoms with van der Waals surface area (Å²) in [5.41, 5.74) is 1.46. The van der Waals surface area contributed by atoms with E-state index in [-0.39, 0.29) is 24.0 Å². The van der Waals surface area contributed by atoms with Crippen LogP contribution in [0.2, 0.25) is 0 Å². The number of halogens is 1. The van der Waals surface area contributed by atoms with Gasteiger partial charge in [-0.2, -0.15) is 0 Å². The molecule has 0 atom stereocenters. The fourth-order valence-electron chi connectivity index (χ4n) is 2.25. The highest BCUT2D eigenvalue weighted by atomic mass is 32.2. The minimum Gasteiger partial charge on any atom is -0.355 e. The monoisotopic (exact) mass is 364 g/mol. The summed E-state index contributed by atoms with van der Waals surface area (Å²) >= 11 is 0. The molecule has 25 heavy (non-hydrogen) atoms. The zero-order valence-electron chi connectivity index (χ0n) is 13.7. The zero-order valence-corrected chi connectivity index (χ0v) is 14.6. The van der Waals surface area contributed by atoms with Crippen molar-refractivity contribution in [2.24, 2.45) is 0 Å². The molecule has 0 aliphatic heterocycles. The number of aryl methyl sites for hydroxylation is 1. The molecule has 1 amide bonds. The molecule has 0 spiro atoms. The van der Waals surface area contributed by atoms with Crippen LogP contribution in [0.1, 0.15) is 18.4 Å². The predicted octanol–water partition coefficient (Wildman–Crippen LogP) is 2.71. The molecule has 0 radical (unpaired) electrons. The Hall–Kier alpha value is -2.41. The molecule has 0 unspecified atom stereocenters. The number of carbonyl (C=O) groups excluding carboxylic acids is 1. The summed E-state index contributed by atoms with van der Waals surface area (Å²) in [7, 11) is -3.50. The van der Waals surface area contributed by atoms with E-state index >= 15 is 0 Å². The van der Waals surface area contributed by atoms with Gasteiger partial charge in [0.15, 0.2) is 0 Å². The van der Waals surface area contributed by atoms with Crippen LogP contribution in [-0.2, 0) is 21.2 Å². The van der Waals surface area contributed by atoms with Gasteiger partial charge in [-0.15, -0.1) is 0 Å². The Bertz CT molecular complexity index is 778. The second-order valence-corrected chi connectivity index (χ2v) is 7.46. The average molecular weight is 364 g/mol. The lowest BCUT2D eigenvalue weighted by Gasteiger charge is -2.09. The van der Waals surface area contributed by atoms with E-state index < -0.39 is 10.0 Å². The standard InChI is InChI=1S/C18H21FN2O3S/c19-16-11-9-15(10-12-16)5-4-8-18(22)20-13-14-25(23,24)21-17-6-2-1-3-7-17/h1-3,6-7,9-12,21H,4-5,8,13-14H2,(H,20,22). The SMILES string of the molecule is O=C(CCCc1ccc(F)cc1)NCCS(=O)(=O)Nc1ccccc1. The van der Waals surface area contributed by atoms with Crippen LogP contribution in [0.15, 0.2) is 54.6 Å². The maximum atomic E-state index is 12.8. The number of amides is 1. The van der Waals surface area contributed by atoms with Crippen molar-refractivity contribution < 1.29 is 17.6 Å². The number of hydrogen-bond donors (Lipinski definition) is 2. The number of rotatable bonds is 9. The number of nitrogens with one attached hydrogen (secondary N) is 2. The Morgan fingerprint density at radius 1 is 1.00 bits per heavy atom. The van der Waals surface area contributed by atoms with E-state index in [0.717, 1.165) is 5.56 Å². The van der Waals surface area contributed by atoms with E-state index in [2.05, 4.69) is 10.0 Å². The van der Waals surface area contributed by atoms with Crippen LogP contribution in [0.3, 0.4) is 0 Å². The Morgan fingerprint density at radius 3 is 2.36 bits per heavy atom. The highest BCUT2D eigenvalue weighted by Crippen LogP contribution is 2.08. The van der Waals surface area contributed by atoms with E-state index in [9.17, 15) is 17.6 Å². The summed E-state index contributed by atoms with van der Waals surface area (Å²) in [6, 6.07) is 14.7. The average Bonchev–Trinajstić information content (AvgIpc) is 2.57. The van der Waals surface area contributed by atoms with Gasteiger partial charge in [-0.3, -0.25) is 9.52 Å². The minimum atomic E-state index is -3.50. The molecule has 2 aromatic carbocycles. The summed E-state index contributed by atoms with van der Waals surface area (Å²) in [6.07, 6.45) is 1.58. The van der Waals surface area contributed by atoms with Gasteiger partial charge in [0, 0.05) is 18.7 Å². The molecule has 7 heteroatoms. The summed E-state index contributed by atoms with van der Waals surface area (Å²) in [5.74, 6) is -0.671. The van der Waals surface area contributed by atoms with Gasteiger partial charge in [0.1, 0.15) is 5.82 Å². The predicted molar refractivity (Wildman–Crippen MR) is 96.2 cm³/mol. The molecule has 0 aromatic heterocycles. The van der Waals surface area contributed by atoms with Gasteiger partial charge in [0.25, 0.3) is 0 Å². The highest BCUT2D eigenvalue weighted by Gasteiger charge is 2.11. The van der Waals surface area contributed by atoms with Crippen LogP contribution in [0.4, 0.5) is 10.1 Å². The Labute approximate surface area is 147 Å². The Morgan fingerprint density at radius 2 is 1.68 bits per heavy atom. The fourth-order valence-corrected chi connectivity index (χ4v) is 3.22. The van der Waals surface area contributed by atoms with Gasteiger partial charge in [-0.1, -0.05) is 30.3 Å². The molecule has 2 N–H and O–H groups in total. The van der Waals surface area contributed by atoms with Crippen molar-refractivity contribution in [1.29, 1.82) is 0 Å². The first-order valence-electron chi connectivity index (χ1n) is 8.01. The summed E-state index contributed by atoms with van der Waals surface area (Å²) in [6.45, 7) is 0.0531. The first-order chi connectivity index (χ1) is 11.9. The number of benzene rings is 2. The third-order valence-corrected chi connectivity index (χ3v) is 4.81. The van der Waals surface area contributed by atoms with Crippen LogP contribution in [0, 0.1) is 5.82 Å². The first kappa shape index (κ1) is 18.9.